The van der Waals surface area contributed by atoms with Crippen molar-refractivity contribution in [3.05, 3.63) is 90.5 Å². The van der Waals surface area contributed by atoms with E-state index in [1.54, 1.807) is 0 Å². The van der Waals surface area contributed by atoms with Crippen LogP contribution in [0.2, 0.25) is 0 Å². The van der Waals surface area contributed by atoms with Crippen LogP contribution in [0.4, 0.5) is 17.1 Å². The second-order valence-corrected chi connectivity index (χ2v) is 5.39. The monoisotopic (exact) mass is 317 g/mol. The molecule has 0 saturated heterocycles. The lowest BCUT2D eigenvalue weighted by Gasteiger charge is -2.27. The van der Waals surface area contributed by atoms with E-state index < -0.39 is 0 Å². The summed E-state index contributed by atoms with van der Waals surface area (Å²) in [6.45, 7) is 0. The molecular weight excluding hydrogens is 298 g/mol. The lowest BCUT2D eigenvalue weighted by Crippen LogP contribution is -2.14. The second-order valence-electron chi connectivity index (χ2n) is 5.39. The number of carbonyl (C=O) groups is 1. The smallest absolute Gasteiger partial charge is 0.310 e. The molecule has 3 nitrogen and oxygen atoms in total. The van der Waals surface area contributed by atoms with E-state index in [0.717, 1.165) is 22.6 Å². The van der Waals surface area contributed by atoms with Gasteiger partial charge in [0.15, 0.2) is 0 Å². The van der Waals surface area contributed by atoms with Gasteiger partial charge in [-0.1, -0.05) is 54.6 Å². The SMILES string of the molecule is COC(=O)Cc1ccccc1N(c1ccccc1)c1ccccc1. The Bertz CT molecular complexity index is 761. The summed E-state index contributed by atoms with van der Waals surface area (Å²) < 4.78 is 4.84. The summed E-state index contributed by atoms with van der Waals surface area (Å²) in [5.41, 5.74) is 3.99. The van der Waals surface area contributed by atoms with Gasteiger partial charge in [-0.15, -0.1) is 0 Å². The number of para-hydroxylation sites is 3. The Morgan fingerprint density at radius 1 is 0.792 bits per heavy atom. The Hall–Kier alpha value is -3.07. The predicted octanol–water partition coefficient (Wildman–Crippen LogP) is 4.87. The molecule has 0 saturated carbocycles. The molecule has 0 aliphatic heterocycles. The zero-order valence-electron chi connectivity index (χ0n) is 13.6. The molecule has 0 heterocycles. The normalized spacial score (nSPS) is 10.2. The van der Waals surface area contributed by atoms with Gasteiger partial charge in [0.1, 0.15) is 0 Å². The van der Waals surface area contributed by atoms with Crippen molar-refractivity contribution >= 4 is 23.0 Å². The highest BCUT2D eigenvalue weighted by atomic mass is 16.5. The van der Waals surface area contributed by atoms with Crippen LogP contribution in [0.3, 0.4) is 0 Å². The topological polar surface area (TPSA) is 29.5 Å². The van der Waals surface area contributed by atoms with Crippen molar-refractivity contribution in [2.75, 3.05) is 12.0 Å². The van der Waals surface area contributed by atoms with E-state index in [9.17, 15) is 4.79 Å². The summed E-state index contributed by atoms with van der Waals surface area (Å²) in [6.07, 6.45) is 0.239. The highest BCUT2D eigenvalue weighted by Gasteiger charge is 2.16. The molecule has 3 aromatic carbocycles. The second kappa shape index (κ2) is 7.47. The number of rotatable bonds is 5. The number of benzene rings is 3. The first-order valence-electron chi connectivity index (χ1n) is 7.84. The minimum absolute atomic E-state index is 0.239. The molecule has 0 bridgehead atoms. The molecule has 3 heteroatoms. The highest BCUT2D eigenvalue weighted by Crippen LogP contribution is 2.36. The average molecular weight is 317 g/mol. The van der Waals surface area contributed by atoms with E-state index >= 15 is 0 Å². The maximum absolute atomic E-state index is 11.8. The molecule has 120 valence electrons. The summed E-state index contributed by atoms with van der Waals surface area (Å²) in [7, 11) is 1.41. The van der Waals surface area contributed by atoms with Gasteiger partial charge in [-0.25, -0.2) is 0 Å². The first kappa shape index (κ1) is 15.8. The average Bonchev–Trinajstić information content (AvgIpc) is 2.65. The van der Waals surface area contributed by atoms with Crippen molar-refractivity contribution in [3.63, 3.8) is 0 Å². The van der Waals surface area contributed by atoms with Gasteiger partial charge < -0.3 is 9.64 Å². The molecule has 24 heavy (non-hydrogen) atoms. The molecule has 0 aliphatic rings. The van der Waals surface area contributed by atoms with Crippen LogP contribution in [-0.4, -0.2) is 13.1 Å². The Balaban J connectivity index is 2.12. The minimum atomic E-state index is -0.247. The third-order valence-corrected chi connectivity index (χ3v) is 3.82. The van der Waals surface area contributed by atoms with E-state index in [1.807, 2.05) is 60.7 Å². The third-order valence-electron chi connectivity index (χ3n) is 3.82. The standard InChI is InChI=1S/C21H19NO2/c1-24-21(23)16-17-10-8-9-15-20(17)22(18-11-4-2-5-12-18)19-13-6-3-7-14-19/h2-15H,16H2,1H3. The van der Waals surface area contributed by atoms with Crippen molar-refractivity contribution in [2.45, 2.75) is 6.42 Å². The van der Waals surface area contributed by atoms with E-state index in [-0.39, 0.29) is 12.4 Å². The van der Waals surface area contributed by atoms with Crippen molar-refractivity contribution in [2.24, 2.45) is 0 Å². The van der Waals surface area contributed by atoms with E-state index in [0.29, 0.717) is 0 Å². The molecule has 0 spiro atoms. The number of esters is 1. The van der Waals surface area contributed by atoms with Crippen molar-refractivity contribution in [3.8, 4) is 0 Å². The summed E-state index contributed by atoms with van der Waals surface area (Å²) in [4.78, 5) is 13.9. The van der Waals surface area contributed by atoms with Crippen molar-refractivity contribution < 1.29 is 9.53 Å². The van der Waals surface area contributed by atoms with Gasteiger partial charge in [0.25, 0.3) is 0 Å². The molecule has 3 aromatic rings. The van der Waals surface area contributed by atoms with Crippen LogP contribution in [0, 0.1) is 0 Å². The molecule has 0 N–H and O–H groups in total. The Kier molecular flexibility index (Phi) is 4.92. The largest absolute Gasteiger partial charge is 0.469 e. The zero-order valence-corrected chi connectivity index (χ0v) is 13.6. The van der Waals surface area contributed by atoms with Crippen molar-refractivity contribution in [1.29, 1.82) is 0 Å². The quantitative estimate of drug-likeness (QED) is 0.629. The number of ether oxygens (including phenoxy) is 1. The van der Waals surface area contributed by atoms with Crippen LogP contribution in [-0.2, 0) is 16.0 Å². The molecule has 3 rings (SSSR count). The zero-order chi connectivity index (χ0) is 16.8. The number of nitrogens with zero attached hydrogens (tertiary/aromatic N) is 1. The van der Waals surface area contributed by atoms with Gasteiger partial charge >= 0.3 is 5.97 Å². The number of carbonyl (C=O) groups excluding carboxylic acids is 1. The Labute approximate surface area is 142 Å². The maximum atomic E-state index is 11.8. The molecule has 0 unspecified atom stereocenters. The molecule has 0 amide bonds. The van der Waals surface area contributed by atoms with Gasteiger partial charge in [0, 0.05) is 17.1 Å². The number of anilines is 3. The van der Waals surface area contributed by atoms with E-state index in [4.69, 9.17) is 4.74 Å². The number of hydrogen-bond acceptors (Lipinski definition) is 3. The third kappa shape index (κ3) is 3.46. The van der Waals surface area contributed by atoms with Gasteiger partial charge in [-0.3, -0.25) is 4.79 Å². The van der Waals surface area contributed by atoms with Gasteiger partial charge in [-0.05, 0) is 35.9 Å². The maximum Gasteiger partial charge on any atom is 0.310 e. The fourth-order valence-corrected chi connectivity index (χ4v) is 2.69. The molecule has 0 aliphatic carbocycles. The van der Waals surface area contributed by atoms with E-state index in [1.165, 1.54) is 7.11 Å². The summed E-state index contributed by atoms with van der Waals surface area (Å²) in [5.74, 6) is -0.247. The van der Waals surface area contributed by atoms with Crippen LogP contribution in [0.15, 0.2) is 84.9 Å². The number of hydrogen-bond donors (Lipinski definition) is 0. The summed E-state index contributed by atoms with van der Waals surface area (Å²) >= 11 is 0. The Morgan fingerprint density at radius 2 is 1.29 bits per heavy atom. The lowest BCUT2D eigenvalue weighted by atomic mass is 10.1. The number of methoxy groups -OCH3 is 1. The van der Waals surface area contributed by atoms with Crippen LogP contribution in [0.25, 0.3) is 0 Å². The van der Waals surface area contributed by atoms with Crippen molar-refractivity contribution in [1.82, 2.24) is 0 Å². The summed E-state index contributed by atoms with van der Waals surface area (Å²) in [5, 5.41) is 0. The molecular formula is C21H19NO2. The molecule has 0 atom stereocenters. The fourth-order valence-electron chi connectivity index (χ4n) is 2.69. The fraction of sp³-hybridized carbons (Fsp3) is 0.0952. The predicted molar refractivity (Wildman–Crippen MR) is 96.8 cm³/mol. The first-order chi connectivity index (χ1) is 11.8. The summed E-state index contributed by atoms with van der Waals surface area (Å²) in [6, 6.07) is 28.2. The van der Waals surface area contributed by atoms with E-state index in [2.05, 4.69) is 29.2 Å². The molecule has 0 fully saturated rings. The first-order valence-corrected chi connectivity index (χ1v) is 7.84. The Morgan fingerprint density at radius 3 is 1.83 bits per heavy atom. The lowest BCUT2D eigenvalue weighted by molar-refractivity contribution is -0.139. The molecule has 0 radical (unpaired) electrons. The van der Waals surface area contributed by atoms with Crippen LogP contribution in [0.5, 0.6) is 0 Å². The van der Waals surface area contributed by atoms with Crippen LogP contribution in [0.1, 0.15) is 5.56 Å². The van der Waals surface area contributed by atoms with Crippen LogP contribution < -0.4 is 4.90 Å². The van der Waals surface area contributed by atoms with Gasteiger partial charge in [0.2, 0.25) is 0 Å². The van der Waals surface area contributed by atoms with Crippen LogP contribution >= 0.6 is 0 Å². The van der Waals surface area contributed by atoms with Gasteiger partial charge in [-0.2, -0.15) is 0 Å². The molecule has 0 aromatic heterocycles. The van der Waals surface area contributed by atoms with Gasteiger partial charge in [0.05, 0.1) is 13.5 Å². The minimum Gasteiger partial charge on any atom is -0.469 e. The highest BCUT2D eigenvalue weighted by molar-refractivity contribution is 5.82.